The van der Waals surface area contributed by atoms with Gasteiger partial charge in [0.2, 0.25) is 6.33 Å². The summed E-state index contributed by atoms with van der Waals surface area (Å²) in [6, 6.07) is -0.111. The van der Waals surface area contributed by atoms with Crippen molar-refractivity contribution >= 4 is 0 Å². The lowest BCUT2D eigenvalue weighted by Crippen LogP contribution is -1.81. The van der Waals surface area contributed by atoms with E-state index in [9.17, 15) is 0 Å². The molecule has 0 amide bonds. The van der Waals surface area contributed by atoms with Crippen molar-refractivity contribution in [2.45, 2.75) is 0 Å². The molecule has 1 rings (SSSR count). The zero-order valence-corrected chi connectivity index (χ0v) is 3.79. The largest absolute Gasteiger partial charge is 0.479 e. The zero-order chi connectivity index (χ0) is 5.28. The maximum atomic E-state index is 8.52. The van der Waals surface area contributed by atoms with Crippen LogP contribution in [0, 0.1) is 6.33 Å². The highest BCUT2D eigenvalue weighted by Gasteiger charge is 1.90. The van der Waals surface area contributed by atoms with Gasteiger partial charge in [-0.15, -0.1) is 5.10 Å². The molecule has 1 radical (unpaired) electrons. The van der Waals surface area contributed by atoms with E-state index in [1.54, 1.807) is 7.05 Å². The molecule has 0 unspecified atom stereocenters. The fourth-order valence-corrected chi connectivity index (χ4v) is 0.246. The molecule has 0 bridgehead atoms. The minimum atomic E-state index is -0.111. The molecular weight excluding hydrogens is 94.1 g/mol. The van der Waals surface area contributed by atoms with Gasteiger partial charge in [0, 0.05) is 7.05 Å². The van der Waals surface area contributed by atoms with E-state index in [-0.39, 0.29) is 6.01 Å². The second kappa shape index (κ2) is 1.22. The summed E-state index contributed by atoms with van der Waals surface area (Å²) in [5.41, 5.74) is 0. The molecule has 0 atom stereocenters. The summed E-state index contributed by atoms with van der Waals surface area (Å²) in [5, 5.41) is 15.0. The standard InChI is InChI=1S/C3H4N3O/c1-6-2-4-5-3(6)7/h1H3,(H,5,7). The van der Waals surface area contributed by atoms with Gasteiger partial charge in [0.1, 0.15) is 0 Å². The molecule has 0 saturated heterocycles. The Bertz CT molecular complexity index is 142. The molecule has 0 aliphatic heterocycles. The second-order valence-electron chi connectivity index (χ2n) is 1.16. The molecule has 0 fully saturated rings. The Kier molecular flexibility index (Phi) is 0.714. The van der Waals surface area contributed by atoms with Crippen LogP contribution in [0.25, 0.3) is 0 Å². The van der Waals surface area contributed by atoms with Crippen LogP contribution in [0.4, 0.5) is 0 Å². The number of hydrogen-bond acceptors (Lipinski definition) is 3. The summed E-state index contributed by atoms with van der Waals surface area (Å²) in [5.74, 6) is 0. The molecule has 1 aromatic heterocycles. The van der Waals surface area contributed by atoms with Crippen molar-refractivity contribution in [1.82, 2.24) is 14.8 Å². The smallest absolute Gasteiger partial charge is 0.314 e. The number of rotatable bonds is 0. The van der Waals surface area contributed by atoms with Crippen LogP contribution in [0.3, 0.4) is 0 Å². The van der Waals surface area contributed by atoms with Crippen molar-refractivity contribution in [3.63, 3.8) is 0 Å². The van der Waals surface area contributed by atoms with Crippen molar-refractivity contribution in [3.8, 4) is 6.01 Å². The molecule has 0 aliphatic carbocycles. The molecule has 1 aromatic rings. The summed E-state index contributed by atoms with van der Waals surface area (Å²) in [6.07, 6.45) is 2.37. The number of aryl methyl sites for hydroxylation is 1. The first-order valence-corrected chi connectivity index (χ1v) is 1.77. The van der Waals surface area contributed by atoms with Gasteiger partial charge >= 0.3 is 6.01 Å². The van der Waals surface area contributed by atoms with Crippen molar-refractivity contribution < 1.29 is 5.11 Å². The molecule has 1 N–H and O–H groups in total. The third-order valence-corrected chi connectivity index (χ3v) is 0.634. The van der Waals surface area contributed by atoms with Crippen LogP contribution in [-0.2, 0) is 7.05 Å². The van der Waals surface area contributed by atoms with E-state index in [4.69, 9.17) is 5.11 Å². The number of hydrogen-bond donors (Lipinski definition) is 1. The van der Waals surface area contributed by atoms with Gasteiger partial charge in [-0.05, 0) is 0 Å². The van der Waals surface area contributed by atoms with E-state index in [1.807, 2.05) is 0 Å². The first-order chi connectivity index (χ1) is 3.30. The lowest BCUT2D eigenvalue weighted by molar-refractivity contribution is 0.410. The predicted octanol–water partition coefficient (Wildman–Crippen LogP) is -0.679. The van der Waals surface area contributed by atoms with Gasteiger partial charge in [-0.1, -0.05) is 5.10 Å². The Morgan fingerprint density at radius 3 is 2.71 bits per heavy atom. The normalized spacial score (nSPS) is 9.29. The number of aromatic hydroxyl groups is 1. The summed E-state index contributed by atoms with van der Waals surface area (Å²) in [7, 11) is 1.61. The SMILES string of the molecule is Cn1[c]nnc1O. The fraction of sp³-hybridized carbons (Fsp3) is 0.333. The van der Waals surface area contributed by atoms with Crippen molar-refractivity contribution in [2.75, 3.05) is 0 Å². The Balaban J connectivity index is 3.12. The predicted molar refractivity (Wildman–Crippen MR) is 21.5 cm³/mol. The van der Waals surface area contributed by atoms with Gasteiger partial charge < -0.3 is 5.11 Å². The average molecular weight is 98.1 g/mol. The summed E-state index contributed by atoms with van der Waals surface area (Å²) < 4.78 is 1.29. The van der Waals surface area contributed by atoms with Gasteiger partial charge in [0.15, 0.2) is 0 Å². The van der Waals surface area contributed by atoms with Crippen molar-refractivity contribution in [1.29, 1.82) is 0 Å². The lowest BCUT2D eigenvalue weighted by atomic mass is 11.0. The highest BCUT2D eigenvalue weighted by Crippen LogP contribution is 1.93. The second-order valence-corrected chi connectivity index (χ2v) is 1.16. The lowest BCUT2D eigenvalue weighted by Gasteiger charge is -1.82. The summed E-state index contributed by atoms with van der Waals surface area (Å²) in [6.45, 7) is 0. The van der Waals surface area contributed by atoms with Crippen molar-refractivity contribution in [2.24, 2.45) is 7.05 Å². The van der Waals surface area contributed by atoms with E-state index in [0.717, 1.165) is 0 Å². The van der Waals surface area contributed by atoms with Crippen LogP contribution in [0.5, 0.6) is 6.01 Å². The van der Waals surface area contributed by atoms with Gasteiger partial charge in [0.05, 0.1) is 0 Å². The highest BCUT2D eigenvalue weighted by molar-refractivity contribution is 4.83. The number of nitrogens with zero attached hydrogens (tertiary/aromatic N) is 3. The van der Waals surface area contributed by atoms with Crippen LogP contribution in [-0.4, -0.2) is 19.9 Å². The maximum absolute atomic E-state index is 8.52. The molecule has 4 nitrogen and oxygen atoms in total. The van der Waals surface area contributed by atoms with E-state index in [1.165, 1.54) is 4.57 Å². The van der Waals surface area contributed by atoms with Crippen LogP contribution < -0.4 is 0 Å². The Morgan fingerprint density at radius 2 is 2.57 bits per heavy atom. The Hall–Kier alpha value is -1.06. The maximum Gasteiger partial charge on any atom is 0.314 e. The van der Waals surface area contributed by atoms with Gasteiger partial charge in [-0.3, -0.25) is 4.57 Å². The topological polar surface area (TPSA) is 50.9 Å². The van der Waals surface area contributed by atoms with Gasteiger partial charge in [-0.25, -0.2) is 0 Å². The molecular formula is C3H4N3O. The van der Waals surface area contributed by atoms with Gasteiger partial charge in [-0.2, -0.15) is 0 Å². The highest BCUT2D eigenvalue weighted by atomic mass is 16.3. The van der Waals surface area contributed by atoms with Crippen LogP contribution >= 0.6 is 0 Å². The molecule has 0 aromatic carbocycles. The molecule has 7 heavy (non-hydrogen) atoms. The molecule has 0 aliphatic rings. The van der Waals surface area contributed by atoms with E-state index in [0.29, 0.717) is 0 Å². The third kappa shape index (κ3) is 0.534. The van der Waals surface area contributed by atoms with Crippen LogP contribution in [0.15, 0.2) is 0 Å². The number of aromatic nitrogens is 3. The first-order valence-electron chi connectivity index (χ1n) is 1.77. The summed E-state index contributed by atoms with van der Waals surface area (Å²) >= 11 is 0. The Labute approximate surface area is 40.4 Å². The molecule has 0 saturated carbocycles. The monoisotopic (exact) mass is 98.0 g/mol. The van der Waals surface area contributed by atoms with E-state index < -0.39 is 0 Å². The molecule has 1 heterocycles. The molecule has 0 spiro atoms. The van der Waals surface area contributed by atoms with Crippen LogP contribution in [0.1, 0.15) is 0 Å². The van der Waals surface area contributed by atoms with Crippen LogP contribution in [0.2, 0.25) is 0 Å². The quantitative estimate of drug-likeness (QED) is 0.467. The van der Waals surface area contributed by atoms with Crippen molar-refractivity contribution in [3.05, 3.63) is 6.33 Å². The summed E-state index contributed by atoms with van der Waals surface area (Å²) in [4.78, 5) is 0. The molecule has 37 valence electrons. The fourth-order valence-electron chi connectivity index (χ4n) is 0.246. The first kappa shape index (κ1) is 4.11. The molecule has 4 heteroatoms. The average Bonchev–Trinajstić information content (AvgIpc) is 1.91. The minimum absolute atomic E-state index is 0.111. The third-order valence-electron chi connectivity index (χ3n) is 0.634. The Morgan fingerprint density at radius 1 is 1.86 bits per heavy atom. The minimum Gasteiger partial charge on any atom is -0.479 e. The van der Waals surface area contributed by atoms with E-state index >= 15 is 0 Å². The van der Waals surface area contributed by atoms with Gasteiger partial charge in [0.25, 0.3) is 0 Å². The zero-order valence-electron chi connectivity index (χ0n) is 3.79. The van der Waals surface area contributed by atoms with E-state index in [2.05, 4.69) is 16.5 Å².